The summed E-state index contributed by atoms with van der Waals surface area (Å²) in [6.07, 6.45) is 1.37. The molecule has 3 rings (SSSR count). The highest BCUT2D eigenvalue weighted by Gasteiger charge is 2.35. The van der Waals surface area contributed by atoms with Crippen LogP contribution in [-0.2, 0) is 4.79 Å². The second-order valence-corrected chi connectivity index (χ2v) is 7.40. The van der Waals surface area contributed by atoms with Gasteiger partial charge in [-0.25, -0.2) is 0 Å². The second kappa shape index (κ2) is 7.04. The highest BCUT2D eigenvalue weighted by Crippen LogP contribution is 2.26. The van der Waals surface area contributed by atoms with Crippen molar-refractivity contribution in [3.8, 4) is 0 Å². The molecule has 0 saturated carbocycles. The third-order valence-corrected chi connectivity index (χ3v) is 5.23. The van der Waals surface area contributed by atoms with E-state index in [1.807, 2.05) is 6.92 Å². The summed E-state index contributed by atoms with van der Waals surface area (Å²) in [5.74, 6) is -0.489. The number of aryl methyl sites for hydroxylation is 1. The van der Waals surface area contributed by atoms with Crippen LogP contribution in [0.1, 0.15) is 28.2 Å². The van der Waals surface area contributed by atoms with Crippen LogP contribution in [0.15, 0.2) is 18.2 Å². The van der Waals surface area contributed by atoms with Crippen molar-refractivity contribution in [1.29, 1.82) is 0 Å². The molecule has 24 heavy (non-hydrogen) atoms. The summed E-state index contributed by atoms with van der Waals surface area (Å²) in [5.41, 5.74) is 0.413. The number of nitrogens with zero attached hydrogens (tertiary/aromatic N) is 3. The van der Waals surface area contributed by atoms with Gasteiger partial charge in [-0.1, -0.05) is 34.5 Å². The highest BCUT2D eigenvalue weighted by molar-refractivity contribution is 7.15. The molecule has 9 heteroatoms. The molecule has 126 valence electrons. The van der Waals surface area contributed by atoms with Crippen LogP contribution in [0.25, 0.3) is 0 Å². The number of hydrogen-bond acceptors (Lipinski definition) is 5. The Kier molecular flexibility index (Phi) is 5.03. The molecule has 2 aromatic rings. The number of amides is 2. The summed E-state index contributed by atoms with van der Waals surface area (Å²) in [7, 11) is 0. The predicted octanol–water partition coefficient (Wildman–Crippen LogP) is 3.40. The van der Waals surface area contributed by atoms with Crippen molar-refractivity contribution in [2.45, 2.75) is 25.8 Å². The number of nitrogens with one attached hydrogen (secondary N) is 1. The van der Waals surface area contributed by atoms with Gasteiger partial charge in [0.2, 0.25) is 11.0 Å². The van der Waals surface area contributed by atoms with Crippen molar-refractivity contribution in [2.24, 2.45) is 0 Å². The molecule has 1 fully saturated rings. The molecule has 1 atom stereocenters. The van der Waals surface area contributed by atoms with Gasteiger partial charge in [0.1, 0.15) is 11.0 Å². The van der Waals surface area contributed by atoms with Gasteiger partial charge in [0.15, 0.2) is 0 Å². The molecule has 0 bridgehead atoms. The highest BCUT2D eigenvalue weighted by atomic mass is 35.5. The lowest BCUT2D eigenvalue weighted by Crippen LogP contribution is -2.43. The number of rotatable bonds is 3. The molecule has 1 aromatic carbocycles. The molecular weight excluding hydrogens is 371 g/mol. The lowest BCUT2D eigenvalue weighted by Gasteiger charge is -2.23. The Labute approximate surface area is 152 Å². The van der Waals surface area contributed by atoms with Gasteiger partial charge in [0.25, 0.3) is 5.91 Å². The van der Waals surface area contributed by atoms with Crippen LogP contribution in [-0.4, -0.2) is 39.5 Å². The molecule has 1 N–H and O–H groups in total. The van der Waals surface area contributed by atoms with Crippen molar-refractivity contribution in [3.05, 3.63) is 38.8 Å². The molecule has 1 saturated heterocycles. The van der Waals surface area contributed by atoms with E-state index in [9.17, 15) is 9.59 Å². The largest absolute Gasteiger partial charge is 0.327 e. The monoisotopic (exact) mass is 384 g/mol. The van der Waals surface area contributed by atoms with E-state index in [0.717, 1.165) is 11.4 Å². The van der Waals surface area contributed by atoms with Gasteiger partial charge in [-0.2, -0.15) is 0 Å². The molecule has 2 amide bonds. The summed E-state index contributed by atoms with van der Waals surface area (Å²) in [5, 5.41) is 12.4. The van der Waals surface area contributed by atoms with E-state index >= 15 is 0 Å². The minimum absolute atomic E-state index is 0.236. The SMILES string of the molecule is Cc1nnc(NC(=O)[C@@H]2CCCN2C(=O)c2ccc(Cl)c(Cl)c2)s1. The van der Waals surface area contributed by atoms with Gasteiger partial charge in [0, 0.05) is 12.1 Å². The fraction of sp³-hybridized carbons (Fsp3) is 0.333. The van der Waals surface area contributed by atoms with Gasteiger partial charge in [-0.15, -0.1) is 10.2 Å². The Morgan fingerprint density at radius 1 is 1.29 bits per heavy atom. The van der Waals surface area contributed by atoms with E-state index in [0.29, 0.717) is 33.7 Å². The van der Waals surface area contributed by atoms with E-state index in [1.165, 1.54) is 17.4 Å². The summed E-state index contributed by atoms with van der Waals surface area (Å²) < 4.78 is 0. The smallest absolute Gasteiger partial charge is 0.254 e. The lowest BCUT2D eigenvalue weighted by atomic mass is 10.1. The fourth-order valence-electron chi connectivity index (χ4n) is 2.61. The molecule has 2 heterocycles. The number of hydrogen-bond donors (Lipinski definition) is 1. The van der Waals surface area contributed by atoms with Crippen LogP contribution in [0.5, 0.6) is 0 Å². The Morgan fingerprint density at radius 2 is 2.08 bits per heavy atom. The van der Waals surface area contributed by atoms with Crippen LogP contribution in [0.2, 0.25) is 10.0 Å². The molecule has 1 aromatic heterocycles. The summed E-state index contributed by atoms with van der Waals surface area (Å²) >= 11 is 13.2. The Bertz CT molecular complexity index is 796. The summed E-state index contributed by atoms with van der Waals surface area (Å²) in [4.78, 5) is 26.7. The Balaban J connectivity index is 1.75. The summed E-state index contributed by atoms with van der Waals surface area (Å²) in [6, 6.07) is 4.17. The zero-order chi connectivity index (χ0) is 17.3. The average molecular weight is 385 g/mol. The molecule has 6 nitrogen and oxygen atoms in total. The number of benzene rings is 1. The number of halogens is 2. The molecule has 0 radical (unpaired) electrons. The standard InChI is InChI=1S/C15H14Cl2N4O2S/c1-8-19-20-15(24-8)18-13(22)12-3-2-6-21(12)14(23)9-4-5-10(16)11(17)7-9/h4-5,7,12H,2-3,6H2,1H3,(H,18,20,22)/t12-/m0/s1. The maximum atomic E-state index is 12.7. The zero-order valence-corrected chi connectivity index (χ0v) is 15.1. The number of aromatic nitrogens is 2. The molecule has 0 unspecified atom stereocenters. The van der Waals surface area contributed by atoms with E-state index in [4.69, 9.17) is 23.2 Å². The first-order valence-electron chi connectivity index (χ1n) is 7.32. The van der Waals surface area contributed by atoms with Gasteiger partial charge in [-0.05, 0) is 38.0 Å². The lowest BCUT2D eigenvalue weighted by molar-refractivity contribution is -0.119. The molecule has 1 aliphatic rings. The van der Waals surface area contributed by atoms with Gasteiger partial charge in [-0.3, -0.25) is 14.9 Å². The summed E-state index contributed by atoms with van der Waals surface area (Å²) in [6.45, 7) is 2.33. The molecule has 1 aliphatic heterocycles. The van der Waals surface area contributed by atoms with Crippen LogP contribution >= 0.6 is 34.5 Å². The third-order valence-electron chi connectivity index (χ3n) is 3.74. The van der Waals surface area contributed by atoms with Crippen LogP contribution < -0.4 is 5.32 Å². The molecule has 0 aliphatic carbocycles. The average Bonchev–Trinajstić information content (AvgIpc) is 3.18. The van der Waals surface area contributed by atoms with E-state index in [2.05, 4.69) is 15.5 Å². The van der Waals surface area contributed by atoms with Crippen molar-refractivity contribution < 1.29 is 9.59 Å². The van der Waals surface area contributed by atoms with E-state index < -0.39 is 6.04 Å². The molecular formula is C15H14Cl2N4O2S. The molecule has 0 spiro atoms. The van der Waals surface area contributed by atoms with E-state index in [-0.39, 0.29) is 11.8 Å². The maximum absolute atomic E-state index is 12.7. The second-order valence-electron chi connectivity index (χ2n) is 5.40. The van der Waals surface area contributed by atoms with Gasteiger partial charge >= 0.3 is 0 Å². The third kappa shape index (κ3) is 3.53. The van der Waals surface area contributed by atoms with Crippen molar-refractivity contribution in [3.63, 3.8) is 0 Å². The van der Waals surface area contributed by atoms with Gasteiger partial charge in [0.05, 0.1) is 10.0 Å². The maximum Gasteiger partial charge on any atom is 0.254 e. The van der Waals surface area contributed by atoms with Crippen molar-refractivity contribution in [2.75, 3.05) is 11.9 Å². The van der Waals surface area contributed by atoms with Crippen LogP contribution in [0.3, 0.4) is 0 Å². The Hall–Kier alpha value is -1.70. The number of anilines is 1. The minimum atomic E-state index is -0.531. The zero-order valence-electron chi connectivity index (χ0n) is 12.8. The fourth-order valence-corrected chi connectivity index (χ4v) is 3.51. The normalized spacial score (nSPS) is 17.1. The van der Waals surface area contributed by atoms with Gasteiger partial charge < -0.3 is 4.90 Å². The number of carbonyl (C=O) groups is 2. The first-order chi connectivity index (χ1) is 11.5. The topological polar surface area (TPSA) is 75.2 Å². The number of carbonyl (C=O) groups excluding carboxylic acids is 2. The quantitative estimate of drug-likeness (QED) is 0.879. The van der Waals surface area contributed by atoms with Crippen LogP contribution in [0.4, 0.5) is 5.13 Å². The van der Waals surface area contributed by atoms with Crippen molar-refractivity contribution >= 4 is 51.5 Å². The number of likely N-dealkylation sites (tertiary alicyclic amines) is 1. The van der Waals surface area contributed by atoms with Crippen molar-refractivity contribution in [1.82, 2.24) is 15.1 Å². The first kappa shape index (κ1) is 17.1. The first-order valence-corrected chi connectivity index (χ1v) is 8.90. The van der Waals surface area contributed by atoms with E-state index in [1.54, 1.807) is 17.0 Å². The Morgan fingerprint density at radius 3 is 2.75 bits per heavy atom. The predicted molar refractivity (Wildman–Crippen MR) is 93.8 cm³/mol. The van der Waals surface area contributed by atoms with Crippen LogP contribution in [0, 0.1) is 6.92 Å². The minimum Gasteiger partial charge on any atom is -0.327 e.